The quantitative estimate of drug-likeness (QED) is 0.831. The van der Waals surface area contributed by atoms with E-state index in [2.05, 4.69) is 5.32 Å². The Balaban J connectivity index is 2.00. The summed E-state index contributed by atoms with van der Waals surface area (Å²) in [5, 5.41) is 2.75. The number of hydrogen-bond donors (Lipinski definition) is 1. The summed E-state index contributed by atoms with van der Waals surface area (Å²) >= 11 is 0. The molecule has 0 aliphatic carbocycles. The summed E-state index contributed by atoms with van der Waals surface area (Å²) in [5.41, 5.74) is -2.97. The Hall–Kier alpha value is -2.18. The van der Waals surface area contributed by atoms with E-state index in [1.807, 2.05) is 20.8 Å². The zero-order chi connectivity index (χ0) is 21.3. The van der Waals surface area contributed by atoms with E-state index in [1.165, 1.54) is 23.1 Å². The molecule has 1 aliphatic heterocycles. The molecule has 1 unspecified atom stereocenters. The molecule has 5 nitrogen and oxygen atoms in total. The van der Waals surface area contributed by atoms with Crippen LogP contribution in [0.2, 0.25) is 0 Å². The van der Waals surface area contributed by atoms with Gasteiger partial charge >= 0.3 is 6.09 Å². The third-order valence-corrected chi connectivity index (χ3v) is 4.71. The van der Waals surface area contributed by atoms with Crippen LogP contribution in [0, 0.1) is 11.2 Å². The van der Waals surface area contributed by atoms with Crippen LogP contribution in [-0.2, 0) is 15.2 Å². The van der Waals surface area contributed by atoms with Crippen molar-refractivity contribution in [1.29, 1.82) is 0 Å². The van der Waals surface area contributed by atoms with E-state index in [1.54, 1.807) is 26.8 Å². The number of halogens is 2. The van der Waals surface area contributed by atoms with Crippen molar-refractivity contribution in [2.24, 2.45) is 5.41 Å². The Kier molecular flexibility index (Phi) is 6.07. The van der Waals surface area contributed by atoms with Crippen molar-refractivity contribution >= 4 is 12.0 Å². The summed E-state index contributed by atoms with van der Waals surface area (Å²) < 4.78 is 34.1. The predicted octanol–water partition coefficient (Wildman–Crippen LogP) is 4.16. The lowest BCUT2D eigenvalue weighted by atomic mass is 9.83. The van der Waals surface area contributed by atoms with Crippen molar-refractivity contribution in [3.8, 4) is 0 Å². The fourth-order valence-electron chi connectivity index (χ4n) is 3.06. The van der Waals surface area contributed by atoms with Gasteiger partial charge in [-0.3, -0.25) is 4.79 Å². The highest BCUT2D eigenvalue weighted by molar-refractivity contribution is 5.79. The Bertz CT molecular complexity index is 732. The van der Waals surface area contributed by atoms with Crippen molar-refractivity contribution < 1.29 is 23.1 Å². The van der Waals surface area contributed by atoms with Gasteiger partial charge in [0, 0.05) is 18.0 Å². The number of alkyl carbamates (subject to hydrolysis) is 1. The van der Waals surface area contributed by atoms with Gasteiger partial charge in [0.1, 0.15) is 11.4 Å². The molecule has 0 aromatic heterocycles. The van der Waals surface area contributed by atoms with Crippen molar-refractivity contribution in [3.05, 3.63) is 35.6 Å². The first-order valence-corrected chi connectivity index (χ1v) is 9.42. The molecule has 1 aromatic carbocycles. The highest BCUT2D eigenvalue weighted by atomic mass is 19.1. The van der Waals surface area contributed by atoms with Crippen molar-refractivity contribution in [2.75, 3.05) is 13.1 Å². The molecule has 156 valence electrons. The van der Waals surface area contributed by atoms with Crippen LogP contribution in [0.5, 0.6) is 0 Å². The second kappa shape index (κ2) is 7.68. The number of nitrogens with one attached hydrogen (secondary N) is 1. The second-order valence-corrected chi connectivity index (χ2v) is 9.46. The largest absolute Gasteiger partial charge is 0.444 e. The minimum atomic E-state index is -1.88. The van der Waals surface area contributed by atoms with Crippen LogP contribution in [0.25, 0.3) is 0 Å². The van der Waals surface area contributed by atoms with Gasteiger partial charge in [0.05, 0.1) is 13.1 Å². The first-order valence-electron chi connectivity index (χ1n) is 9.42. The number of amides is 2. The fourth-order valence-corrected chi connectivity index (χ4v) is 3.06. The maximum atomic E-state index is 15.0. The zero-order valence-electron chi connectivity index (χ0n) is 17.4. The summed E-state index contributed by atoms with van der Waals surface area (Å²) in [5.74, 6) is -0.906. The van der Waals surface area contributed by atoms with E-state index >= 15 is 0 Å². The maximum absolute atomic E-state index is 15.0. The van der Waals surface area contributed by atoms with E-state index in [-0.39, 0.29) is 31.0 Å². The predicted molar refractivity (Wildman–Crippen MR) is 103 cm³/mol. The average molecular weight is 396 g/mol. The molecule has 7 heteroatoms. The number of benzene rings is 1. The molecule has 1 aliphatic rings. The van der Waals surface area contributed by atoms with Crippen molar-refractivity contribution in [3.63, 3.8) is 0 Å². The zero-order valence-corrected chi connectivity index (χ0v) is 17.4. The lowest BCUT2D eigenvalue weighted by Gasteiger charge is -2.45. The van der Waals surface area contributed by atoms with Crippen LogP contribution in [-0.4, -0.2) is 41.6 Å². The van der Waals surface area contributed by atoms with Gasteiger partial charge in [-0.15, -0.1) is 0 Å². The Labute approximate surface area is 165 Å². The highest BCUT2D eigenvalue weighted by Gasteiger charge is 2.49. The van der Waals surface area contributed by atoms with Crippen LogP contribution in [0.15, 0.2) is 24.3 Å². The number of alkyl halides is 1. The summed E-state index contributed by atoms with van der Waals surface area (Å²) in [4.78, 5) is 26.1. The van der Waals surface area contributed by atoms with Gasteiger partial charge in [-0.1, -0.05) is 39.0 Å². The summed E-state index contributed by atoms with van der Waals surface area (Å²) in [6.45, 7) is 10.6. The van der Waals surface area contributed by atoms with Gasteiger partial charge in [0.15, 0.2) is 5.67 Å². The first kappa shape index (κ1) is 22.1. The molecule has 1 saturated heterocycles. The summed E-state index contributed by atoms with van der Waals surface area (Å²) in [6, 6.07) is 5.20. The summed E-state index contributed by atoms with van der Waals surface area (Å²) in [6.07, 6.45) is -0.592. The van der Waals surface area contributed by atoms with Gasteiger partial charge in [0.25, 0.3) is 0 Å². The lowest BCUT2D eigenvalue weighted by Crippen LogP contribution is -2.60. The number of rotatable bonds is 4. The molecule has 2 rings (SSSR count). The molecule has 0 saturated carbocycles. The Morgan fingerprint density at radius 1 is 1.18 bits per heavy atom. The smallest absolute Gasteiger partial charge is 0.407 e. The molecule has 1 heterocycles. The van der Waals surface area contributed by atoms with Gasteiger partial charge in [-0.2, -0.15) is 0 Å². The van der Waals surface area contributed by atoms with Gasteiger partial charge in [-0.25, -0.2) is 13.6 Å². The van der Waals surface area contributed by atoms with Gasteiger partial charge in [0.2, 0.25) is 5.91 Å². The topological polar surface area (TPSA) is 58.6 Å². The first-order chi connectivity index (χ1) is 12.7. The fraction of sp³-hybridized carbons (Fsp3) is 0.619. The highest BCUT2D eigenvalue weighted by Crippen LogP contribution is 2.38. The molecule has 1 atom stereocenters. The number of carbonyl (C=O) groups excluding carboxylic acids is 2. The van der Waals surface area contributed by atoms with E-state index in [4.69, 9.17) is 4.74 Å². The number of likely N-dealkylation sites (tertiary alicyclic amines) is 1. The minimum absolute atomic E-state index is 0.0100. The number of carbonyl (C=O) groups is 2. The molecular weight excluding hydrogens is 366 g/mol. The van der Waals surface area contributed by atoms with Crippen molar-refractivity contribution in [2.45, 2.75) is 65.3 Å². The number of hydrogen-bond acceptors (Lipinski definition) is 3. The van der Waals surface area contributed by atoms with Crippen LogP contribution in [0.1, 0.15) is 53.5 Å². The third kappa shape index (κ3) is 5.42. The van der Waals surface area contributed by atoms with E-state index in [9.17, 15) is 18.4 Å². The van der Waals surface area contributed by atoms with Crippen LogP contribution in [0.4, 0.5) is 13.6 Å². The van der Waals surface area contributed by atoms with Crippen LogP contribution < -0.4 is 5.32 Å². The molecule has 1 N–H and O–H groups in total. The monoisotopic (exact) mass is 396 g/mol. The third-order valence-electron chi connectivity index (χ3n) is 4.71. The van der Waals surface area contributed by atoms with E-state index < -0.39 is 34.6 Å². The van der Waals surface area contributed by atoms with Gasteiger partial charge < -0.3 is 15.0 Å². The lowest BCUT2D eigenvalue weighted by molar-refractivity contribution is -0.147. The van der Waals surface area contributed by atoms with Crippen molar-refractivity contribution in [1.82, 2.24) is 10.2 Å². The molecule has 28 heavy (non-hydrogen) atoms. The molecule has 1 fully saturated rings. The average Bonchev–Trinajstić information content (AvgIpc) is 2.48. The second-order valence-electron chi connectivity index (χ2n) is 9.46. The number of nitrogens with zero attached hydrogens (tertiary/aromatic N) is 1. The Morgan fingerprint density at radius 3 is 2.25 bits per heavy atom. The molecule has 1 aromatic rings. The van der Waals surface area contributed by atoms with Gasteiger partial charge in [-0.05, 0) is 32.3 Å². The molecule has 2 amide bonds. The molecule has 0 spiro atoms. The molecule has 0 radical (unpaired) electrons. The van der Waals surface area contributed by atoms with Crippen LogP contribution in [0.3, 0.4) is 0 Å². The summed E-state index contributed by atoms with van der Waals surface area (Å²) in [7, 11) is 0. The minimum Gasteiger partial charge on any atom is -0.444 e. The Morgan fingerprint density at radius 2 is 1.75 bits per heavy atom. The number of ether oxygens (including phenoxy) is 1. The maximum Gasteiger partial charge on any atom is 0.407 e. The van der Waals surface area contributed by atoms with Crippen LogP contribution >= 0.6 is 0 Å². The van der Waals surface area contributed by atoms with E-state index in [0.29, 0.717) is 0 Å². The molecular formula is C21H30F2N2O3. The normalized spacial score (nSPS) is 17.5. The molecule has 0 bridgehead atoms. The standard InChI is InChI=1S/C21H30F2N2O3/c1-19(2,3)16(24-18(27)28-20(4,5)6)11-17(26)25-12-21(23,13-25)14-9-7-8-10-15(14)22/h7-10,16H,11-13H2,1-6H3,(H,24,27). The van der Waals surface area contributed by atoms with E-state index in [0.717, 1.165) is 0 Å². The SMILES string of the molecule is CC(C)(C)OC(=O)NC(CC(=O)N1CC(F)(c2ccccc2F)C1)C(C)(C)C.